The molecule has 2 aliphatic rings. The summed E-state index contributed by atoms with van der Waals surface area (Å²) in [5, 5.41) is 12.6. The molecule has 0 atom stereocenters. The minimum absolute atomic E-state index is 0.282. The lowest BCUT2D eigenvalue weighted by molar-refractivity contribution is 0.173. The normalized spacial score (nSPS) is 16.8. The molecule has 10 heteroatoms. The highest BCUT2D eigenvalue weighted by atomic mass is 19.1. The lowest BCUT2D eigenvalue weighted by Crippen LogP contribution is -2.39. The second-order valence-electron chi connectivity index (χ2n) is 8.78. The first-order valence-corrected chi connectivity index (χ1v) is 11.8. The zero-order valence-corrected chi connectivity index (χ0v) is 19.3. The summed E-state index contributed by atoms with van der Waals surface area (Å²) < 4.78 is 16.0. The van der Waals surface area contributed by atoms with E-state index in [4.69, 9.17) is 4.98 Å². The van der Waals surface area contributed by atoms with Gasteiger partial charge >= 0.3 is 0 Å². The quantitative estimate of drug-likeness (QED) is 0.537. The fourth-order valence-electron chi connectivity index (χ4n) is 4.75. The minimum Gasteiger partial charge on any atom is -0.372 e. The van der Waals surface area contributed by atoms with Gasteiger partial charge in [0.2, 0.25) is 5.95 Å². The third kappa shape index (κ3) is 4.43. The maximum atomic E-state index is 13.7. The number of anilines is 2. The van der Waals surface area contributed by atoms with Gasteiger partial charge in [-0.1, -0.05) is 0 Å². The number of halogens is 1. The molecule has 0 amide bonds. The van der Waals surface area contributed by atoms with Crippen molar-refractivity contribution in [2.24, 2.45) is 0 Å². The van der Waals surface area contributed by atoms with Crippen LogP contribution in [0.15, 0.2) is 30.9 Å². The molecular weight excluding hydrogens is 433 g/mol. The average Bonchev–Trinajstić information content (AvgIpc) is 3.27. The second kappa shape index (κ2) is 9.73. The number of nitrogens with zero attached hydrogens (tertiary/aromatic N) is 8. The molecule has 0 saturated carbocycles. The molecule has 0 spiro atoms. The summed E-state index contributed by atoms with van der Waals surface area (Å²) in [4.78, 5) is 21.8. The molecule has 9 nitrogen and oxygen atoms in total. The third-order valence-electron chi connectivity index (χ3n) is 6.77. The molecule has 3 aromatic rings. The Hall–Kier alpha value is -3.58. The van der Waals surface area contributed by atoms with Crippen LogP contribution in [0.1, 0.15) is 36.6 Å². The van der Waals surface area contributed by atoms with Gasteiger partial charge in [0.25, 0.3) is 0 Å². The molecule has 0 unspecified atom stereocenters. The van der Waals surface area contributed by atoms with Crippen molar-refractivity contribution in [3.05, 3.63) is 48.2 Å². The van der Waals surface area contributed by atoms with E-state index < -0.39 is 5.95 Å². The van der Waals surface area contributed by atoms with Crippen molar-refractivity contribution >= 4 is 11.6 Å². The fraction of sp³-hybridized carbons (Fsp3) is 0.458. The molecule has 34 heavy (non-hydrogen) atoms. The van der Waals surface area contributed by atoms with Crippen LogP contribution in [-0.4, -0.2) is 69.2 Å². The molecular formula is C24H28FN9. The van der Waals surface area contributed by atoms with E-state index in [2.05, 4.69) is 40.7 Å². The molecule has 2 fully saturated rings. The zero-order chi connectivity index (χ0) is 23.5. The lowest BCUT2D eigenvalue weighted by Gasteiger charge is -2.34. The Balaban J connectivity index is 1.36. The number of likely N-dealkylation sites (tertiary alicyclic amines) is 1. The van der Waals surface area contributed by atoms with Crippen LogP contribution in [0.4, 0.5) is 16.0 Å². The topological polar surface area (TPSA) is 98.8 Å². The van der Waals surface area contributed by atoms with Crippen LogP contribution in [-0.2, 0) is 6.54 Å². The van der Waals surface area contributed by atoms with Gasteiger partial charge < -0.3 is 19.7 Å². The number of aromatic nitrogens is 5. The van der Waals surface area contributed by atoms with E-state index in [0.717, 1.165) is 69.2 Å². The second-order valence-corrected chi connectivity index (χ2v) is 8.78. The van der Waals surface area contributed by atoms with Gasteiger partial charge in [-0.25, -0.2) is 19.9 Å². The Bertz CT molecular complexity index is 1190. The summed E-state index contributed by atoms with van der Waals surface area (Å²) in [6.07, 6.45) is 8.09. The summed E-state index contributed by atoms with van der Waals surface area (Å²) in [5.41, 5.74) is 2.00. The summed E-state index contributed by atoms with van der Waals surface area (Å²) in [7, 11) is 1.76. The average molecular weight is 462 g/mol. The van der Waals surface area contributed by atoms with Crippen LogP contribution in [0.2, 0.25) is 0 Å². The van der Waals surface area contributed by atoms with Crippen LogP contribution < -0.4 is 10.2 Å². The van der Waals surface area contributed by atoms with Gasteiger partial charge in [-0.15, -0.1) is 0 Å². The number of hydrogen-bond donors (Lipinski definition) is 1. The molecule has 5 rings (SSSR count). The summed E-state index contributed by atoms with van der Waals surface area (Å²) in [6.45, 7) is 5.71. The van der Waals surface area contributed by atoms with Gasteiger partial charge in [0.05, 0.1) is 5.69 Å². The molecule has 5 heterocycles. The summed E-state index contributed by atoms with van der Waals surface area (Å²) in [6, 6.07) is 5.48. The van der Waals surface area contributed by atoms with Crippen LogP contribution in [0.25, 0.3) is 11.3 Å². The number of nitriles is 1. The monoisotopic (exact) mass is 461 g/mol. The van der Waals surface area contributed by atoms with E-state index in [-0.39, 0.29) is 5.92 Å². The van der Waals surface area contributed by atoms with Crippen molar-refractivity contribution in [2.45, 2.75) is 31.7 Å². The standard InChI is InChI=1S/C24H28FN9/c1-27-22-19(14-26)24(30-16-29-22)33-9-4-17(5-10-33)23-31-20(18-3-6-28-21(25)13-18)15-34(23)12-11-32-7-2-8-32/h3,6,13,15-17H,2,4-5,7-12H2,1H3,(H,27,29,30). The predicted molar refractivity (Wildman–Crippen MR) is 127 cm³/mol. The first-order chi connectivity index (χ1) is 16.7. The van der Waals surface area contributed by atoms with Gasteiger partial charge in [-0.2, -0.15) is 9.65 Å². The Morgan fingerprint density at radius 3 is 2.65 bits per heavy atom. The lowest BCUT2D eigenvalue weighted by atomic mass is 9.95. The van der Waals surface area contributed by atoms with Gasteiger partial charge in [-0.3, -0.25) is 0 Å². The largest absolute Gasteiger partial charge is 0.372 e. The van der Waals surface area contributed by atoms with Crippen LogP contribution in [0.5, 0.6) is 0 Å². The maximum absolute atomic E-state index is 13.7. The fourth-order valence-corrected chi connectivity index (χ4v) is 4.75. The Morgan fingerprint density at radius 1 is 1.15 bits per heavy atom. The van der Waals surface area contributed by atoms with E-state index in [0.29, 0.717) is 17.2 Å². The Labute approximate surface area is 198 Å². The predicted octanol–water partition coefficient (Wildman–Crippen LogP) is 2.88. The summed E-state index contributed by atoms with van der Waals surface area (Å²) in [5.74, 6) is 2.05. The van der Waals surface area contributed by atoms with Crippen molar-refractivity contribution in [3.63, 3.8) is 0 Å². The molecule has 3 aromatic heterocycles. The number of piperidine rings is 1. The Kier molecular flexibility index (Phi) is 6.36. The number of hydrogen-bond acceptors (Lipinski definition) is 8. The minimum atomic E-state index is -0.499. The maximum Gasteiger partial charge on any atom is 0.213 e. The SMILES string of the molecule is CNc1ncnc(N2CCC(c3nc(-c4ccnc(F)c4)cn3CCN3CCC3)CC2)c1C#N. The molecule has 1 N–H and O–H groups in total. The molecule has 0 radical (unpaired) electrons. The highest BCUT2D eigenvalue weighted by Crippen LogP contribution is 2.33. The number of nitrogens with one attached hydrogen (secondary N) is 1. The van der Waals surface area contributed by atoms with E-state index in [1.54, 1.807) is 13.1 Å². The zero-order valence-electron chi connectivity index (χ0n) is 19.3. The van der Waals surface area contributed by atoms with E-state index in [1.807, 2.05) is 6.20 Å². The molecule has 2 aliphatic heterocycles. The van der Waals surface area contributed by atoms with E-state index in [1.165, 1.54) is 25.0 Å². The van der Waals surface area contributed by atoms with E-state index in [9.17, 15) is 9.65 Å². The van der Waals surface area contributed by atoms with E-state index >= 15 is 0 Å². The summed E-state index contributed by atoms with van der Waals surface area (Å²) >= 11 is 0. The molecule has 2 saturated heterocycles. The Morgan fingerprint density at radius 2 is 1.97 bits per heavy atom. The highest BCUT2D eigenvalue weighted by molar-refractivity contribution is 5.65. The van der Waals surface area contributed by atoms with Gasteiger partial charge in [0.15, 0.2) is 5.82 Å². The van der Waals surface area contributed by atoms with Gasteiger partial charge in [-0.05, 0) is 38.4 Å². The van der Waals surface area contributed by atoms with Crippen molar-refractivity contribution in [1.29, 1.82) is 5.26 Å². The van der Waals surface area contributed by atoms with Crippen molar-refractivity contribution < 1.29 is 4.39 Å². The van der Waals surface area contributed by atoms with Crippen molar-refractivity contribution in [3.8, 4) is 17.3 Å². The van der Waals surface area contributed by atoms with Crippen LogP contribution in [0.3, 0.4) is 0 Å². The highest BCUT2D eigenvalue weighted by Gasteiger charge is 2.28. The van der Waals surface area contributed by atoms with Gasteiger partial charge in [0, 0.05) is 63.2 Å². The molecule has 0 aromatic carbocycles. The van der Waals surface area contributed by atoms with Crippen molar-refractivity contribution in [1.82, 2.24) is 29.4 Å². The molecule has 176 valence electrons. The first-order valence-electron chi connectivity index (χ1n) is 11.8. The van der Waals surface area contributed by atoms with Crippen LogP contribution >= 0.6 is 0 Å². The number of pyridine rings is 1. The van der Waals surface area contributed by atoms with Crippen LogP contribution in [0, 0.1) is 17.3 Å². The third-order valence-corrected chi connectivity index (χ3v) is 6.77. The smallest absolute Gasteiger partial charge is 0.213 e. The molecule has 0 bridgehead atoms. The number of imidazole rings is 1. The first kappa shape index (κ1) is 22.2. The molecule has 0 aliphatic carbocycles. The van der Waals surface area contributed by atoms with Gasteiger partial charge in [0.1, 0.15) is 29.6 Å². The number of rotatable bonds is 7. The van der Waals surface area contributed by atoms with Crippen molar-refractivity contribution in [2.75, 3.05) is 50.0 Å².